The van der Waals surface area contributed by atoms with Crippen molar-refractivity contribution in [3.8, 4) is 0 Å². The summed E-state index contributed by atoms with van der Waals surface area (Å²) in [6.07, 6.45) is 0. The van der Waals surface area contributed by atoms with E-state index in [1.165, 1.54) is 17.7 Å². The number of hydrogen-bond donors (Lipinski definition) is 0. The minimum Gasteiger partial charge on any atom is -0.258 e. The molecule has 0 aliphatic heterocycles. The van der Waals surface area contributed by atoms with E-state index < -0.39 is 4.92 Å². The molecule has 0 saturated carbocycles. The smallest absolute Gasteiger partial charge is 0.258 e. The monoisotopic (exact) mass is 217 g/mol. The van der Waals surface area contributed by atoms with Crippen molar-refractivity contribution in [3.05, 3.63) is 45.5 Å². The van der Waals surface area contributed by atoms with Gasteiger partial charge in [0.2, 0.25) is 0 Å². The van der Waals surface area contributed by atoms with Crippen molar-refractivity contribution in [2.24, 2.45) is 0 Å². The number of benzene rings is 1. The Morgan fingerprint density at radius 2 is 2.23 bits per heavy atom. The van der Waals surface area contributed by atoms with E-state index in [1.54, 1.807) is 12.1 Å². The quantitative estimate of drug-likeness (QED) is 0.564. The van der Waals surface area contributed by atoms with Crippen LogP contribution in [0, 0.1) is 10.1 Å². The van der Waals surface area contributed by atoms with Gasteiger partial charge in [-0.2, -0.15) is 0 Å². The predicted octanol–water partition coefficient (Wildman–Crippen LogP) is 3.37. The Hall–Kier alpha value is -1.06. The van der Waals surface area contributed by atoms with E-state index in [0.29, 0.717) is 5.56 Å². The fraction of sp³-hybridized carbons (Fsp3) is 0. The number of nitrogens with zero attached hydrogens (tertiary/aromatic N) is 1. The Kier molecular flexibility index (Phi) is 3.28. The van der Waals surface area contributed by atoms with Crippen LogP contribution in [0.2, 0.25) is 0 Å². The van der Waals surface area contributed by atoms with Crippen molar-refractivity contribution in [1.29, 1.82) is 0 Å². The normalized spacial score (nSPS) is 11.4. The van der Waals surface area contributed by atoms with Crippen molar-refractivity contribution in [3.63, 3.8) is 0 Å². The van der Waals surface area contributed by atoms with Crippen LogP contribution in [0.3, 0.4) is 0 Å². The van der Waals surface area contributed by atoms with E-state index in [0.717, 1.165) is 0 Å². The second-order valence-corrected chi connectivity index (χ2v) is 2.89. The number of nitro groups is 1. The number of nitro benzene ring substituents is 1. The number of hydrogen-bond acceptors (Lipinski definition) is 2. The Labute approximate surface area is 84.7 Å². The van der Waals surface area contributed by atoms with Gasteiger partial charge in [-0.1, -0.05) is 35.3 Å². The molecule has 0 aliphatic rings. The summed E-state index contributed by atoms with van der Waals surface area (Å²) >= 11 is 11.0. The Morgan fingerprint density at radius 1 is 1.54 bits per heavy atom. The summed E-state index contributed by atoms with van der Waals surface area (Å²) in [5, 5.41) is 10.7. The van der Waals surface area contributed by atoms with E-state index >= 15 is 0 Å². The number of non-ortho nitro benzene ring substituents is 1. The molecule has 0 fully saturated rings. The third-order valence-electron chi connectivity index (χ3n) is 1.43. The molecule has 0 atom stereocenters. The van der Waals surface area contributed by atoms with Gasteiger partial charge in [0.15, 0.2) is 0 Å². The van der Waals surface area contributed by atoms with Gasteiger partial charge in [-0.25, -0.2) is 0 Å². The summed E-state index contributed by atoms with van der Waals surface area (Å²) in [7, 11) is 0. The summed E-state index contributed by atoms with van der Waals surface area (Å²) < 4.78 is 0. The zero-order chi connectivity index (χ0) is 9.84. The molecule has 1 aromatic rings. The first kappa shape index (κ1) is 10.0. The summed E-state index contributed by atoms with van der Waals surface area (Å²) in [4.78, 5) is 9.89. The first-order chi connectivity index (χ1) is 6.15. The molecule has 0 unspecified atom stereocenters. The maximum Gasteiger partial charge on any atom is 0.270 e. The molecule has 0 radical (unpaired) electrons. The summed E-state index contributed by atoms with van der Waals surface area (Å²) in [6.45, 7) is 0. The third kappa shape index (κ3) is 2.44. The van der Waals surface area contributed by atoms with E-state index in [2.05, 4.69) is 0 Å². The van der Waals surface area contributed by atoms with Crippen molar-refractivity contribution in [2.75, 3.05) is 0 Å². The van der Waals surface area contributed by atoms with Gasteiger partial charge in [-0.15, -0.1) is 0 Å². The van der Waals surface area contributed by atoms with Crippen LogP contribution in [0.1, 0.15) is 5.56 Å². The highest BCUT2D eigenvalue weighted by molar-refractivity contribution is 6.52. The molecule has 5 heteroatoms. The maximum atomic E-state index is 10.4. The van der Waals surface area contributed by atoms with Crippen LogP contribution < -0.4 is 0 Å². The summed E-state index contributed by atoms with van der Waals surface area (Å²) in [5.41, 5.74) is 1.70. The molecule has 13 heavy (non-hydrogen) atoms. The Morgan fingerprint density at radius 3 is 2.77 bits per heavy atom. The van der Waals surface area contributed by atoms with Gasteiger partial charge >= 0.3 is 0 Å². The highest BCUT2D eigenvalue weighted by Crippen LogP contribution is 2.23. The lowest BCUT2D eigenvalue weighted by molar-refractivity contribution is -0.384. The molecule has 1 aromatic carbocycles. The van der Waals surface area contributed by atoms with Gasteiger partial charge in [-0.05, 0) is 0 Å². The standard InChI is InChI=1S/C8H5Cl2NO2/c9-5-8(10)6-2-1-3-7(4-6)11(12)13/h1-5H. The maximum absolute atomic E-state index is 10.4. The fourth-order valence-corrected chi connectivity index (χ4v) is 1.07. The van der Waals surface area contributed by atoms with E-state index in [1.807, 2.05) is 0 Å². The molecule has 0 N–H and O–H groups in total. The summed E-state index contributed by atoms with van der Waals surface area (Å²) in [6, 6.07) is 5.95. The van der Waals surface area contributed by atoms with Crippen LogP contribution in [0.4, 0.5) is 5.69 Å². The van der Waals surface area contributed by atoms with Gasteiger partial charge in [0, 0.05) is 23.2 Å². The molecule has 0 saturated heterocycles. The molecule has 0 aromatic heterocycles. The average molecular weight is 218 g/mol. The van der Waals surface area contributed by atoms with Gasteiger partial charge < -0.3 is 0 Å². The van der Waals surface area contributed by atoms with Crippen molar-refractivity contribution >= 4 is 33.9 Å². The van der Waals surface area contributed by atoms with Crippen molar-refractivity contribution in [2.45, 2.75) is 0 Å². The predicted molar refractivity (Wildman–Crippen MR) is 52.8 cm³/mol. The van der Waals surface area contributed by atoms with Crippen molar-refractivity contribution in [1.82, 2.24) is 0 Å². The Bertz CT molecular complexity index is 363. The summed E-state index contributed by atoms with van der Waals surface area (Å²) in [5.74, 6) is 0. The molecule has 0 aliphatic carbocycles. The lowest BCUT2D eigenvalue weighted by Crippen LogP contribution is -1.88. The minimum atomic E-state index is -0.484. The molecule has 1 rings (SSSR count). The van der Waals surface area contributed by atoms with Gasteiger partial charge in [0.25, 0.3) is 5.69 Å². The second-order valence-electron chi connectivity index (χ2n) is 2.26. The van der Waals surface area contributed by atoms with Crippen LogP contribution >= 0.6 is 23.2 Å². The first-order valence-corrected chi connectivity index (χ1v) is 4.17. The molecule has 0 heterocycles. The van der Waals surface area contributed by atoms with Crippen LogP contribution in [-0.4, -0.2) is 4.92 Å². The molecular formula is C8H5Cl2NO2. The molecule has 0 amide bonds. The zero-order valence-corrected chi connectivity index (χ0v) is 7.92. The van der Waals surface area contributed by atoms with Gasteiger partial charge in [0.05, 0.1) is 9.96 Å². The average Bonchev–Trinajstić information content (AvgIpc) is 2.17. The zero-order valence-electron chi connectivity index (χ0n) is 6.41. The van der Waals surface area contributed by atoms with Crippen LogP contribution in [0.25, 0.3) is 5.03 Å². The van der Waals surface area contributed by atoms with Gasteiger partial charge in [-0.3, -0.25) is 10.1 Å². The highest BCUT2D eigenvalue weighted by Gasteiger charge is 2.06. The van der Waals surface area contributed by atoms with Crippen LogP contribution in [0.5, 0.6) is 0 Å². The molecule has 0 spiro atoms. The second kappa shape index (κ2) is 4.25. The molecule has 0 bridgehead atoms. The SMILES string of the molecule is O=[N+]([O-])c1cccc(C(Cl)=CCl)c1. The molecule has 3 nitrogen and oxygen atoms in total. The van der Waals surface area contributed by atoms with E-state index in [-0.39, 0.29) is 10.7 Å². The van der Waals surface area contributed by atoms with Gasteiger partial charge in [0.1, 0.15) is 0 Å². The first-order valence-electron chi connectivity index (χ1n) is 3.36. The van der Waals surface area contributed by atoms with Crippen LogP contribution in [0.15, 0.2) is 29.8 Å². The number of rotatable bonds is 2. The third-order valence-corrected chi connectivity index (χ3v) is 2.09. The Balaban J connectivity index is 3.13. The lowest BCUT2D eigenvalue weighted by atomic mass is 10.2. The topological polar surface area (TPSA) is 43.1 Å². The largest absolute Gasteiger partial charge is 0.270 e. The molecule has 68 valence electrons. The van der Waals surface area contributed by atoms with Crippen LogP contribution in [-0.2, 0) is 0 Å². The fourth-order valence-electron chi connectivity index (χ4n) is 0.831. The number of halogens is 2. The molecular weight excluding hydrogens is 213 g/mol. The minimum absolute atomic E-state index is 0.00540. The lowest BCUT2D eigenvalue weighted by Gasteiger charge is -1.96. The van der Waals surface area contributed by atoms with Crippen molar-refractivity contribution < 1.29 is 4.92 Å². The van der Waals surface area contributed by atoms with E-state index in [9.17, 15) is 10.1 Å². The van der Waals surface area contributed by atoms with E-state index in [4.69, 9.17) is 23.2 Å². The highest BCUT2D eigenvalue weighted by atomic mass is 35.5.